The molecule has 0 aliphatic heterocycles. The van der Waals surface area contributed by atoms with Crippen LogP contribution in [0.3, 0.4) is 0 Å². The van der Waals surface area contributed by atoms with Crippen molar-refractivity contribution in [2.75, 3.05) is 0 Å². The molecule has 0 spiro atoms. The molecule has 0 bridgehead atoms. The van der Waals surface area contributed by atoms with Crippen LogP contribution >= 0.6 is 0 Å². The van der Waals surface area contributed by atoms with Gasteiger partial charge in [0.1, 0.15) is 6.04 Å². The average molecular weight is 364 g/mol. The van der Waals surface area contributed by atoms with Gasteiger partial charge in [-0.2, -0.15) is 0 Å². The highest BCUT2D eigenvalue weighted by molar-refractivity contribution is 5.97. The van der Waals surface area contributed by atoms with Gasteiger partial charge in [-0.15, -0.1) is 0 Å². The van der Waals surface area contributed by atoms with Crippen molar-refractivity contribution in [1.82, 2.24) is 10.6 Å². The Morgan fingerprint density at radius 3 is 2.44 bits per heavy atom. The third-order valence-electron chi connectivity index (χ3n) is 5.24. The third-order valence-corrected chi connectivity index (χ3v) is 5.24. The van der Waals surface area contributed by atoms with Crippen LogP contribution in [0.15, 0.2) is 48.5 Å². The maximum atomic E-state index is 13.0. The molecule has 0 aromatic heterocycles. The number of fused-ring (bicyclic) bond motifs is 1. The van der Waals surface area contributed by atoms with Crippen LogP contribution in [-0.2, 0) is 11.2 Å². The summed E-state index contributed by atoms with van der Waals surface area (Å²) < 4.78 is 0. The molecule has 2 aromatic carbocycles. The summed E-state index contributed by atoms with van der Waals surface area (Å²) in [5, 5.41) is 6.08. The van der Waals surface area contributed by atoms with Crippen molar-refractivity contribution >= 4 is 11.8 Å². The molecule has 0 unspecified atom stereocenters. The lowest BCUT2D eigenvalue weighted by Gasteiger charge is -2.29. The number of carbonyl (C=O) groups excluding carboxylic acids is 2. The lowest BCUT2D eigenvalue weighted by molar-refractivity contribution is -0.124. The zero-order chi connectivity index (χ0) is 19.4. The van der Waals surface area contributed by atoms with E-state index in [2.05, 4.69) is 22.8 Å². The molecular weight excluding hydrogens is 336 g/mol. The summed E-state index contributed by atoms with van der Waals surface area (Å²) in [6, 6.07) is 15.1. The maximum Gasteiger partial charge on any atom is 0.251 e. The van der Waals surface area contributed by atoms with Gasteiger partial charge in [-0.3, -0.25) is 9.59 Å². The number of nitrogens with one attached hydrogen (secondary N) is 2. The van der Waals surface area contributed by atoms with Crippen molar-refractivity contribution in [2.24, 2.45) is 5.92 Å². The second-order valence-corrected chi connectivity index (χ2v) is 7.71. The van der Waals surface area contributed by atoms with Crippen LogP contribution in [0.5, 0.6) is 0 Å². The van der Waals surface area contributed by atoms with Crippen LogP contribution in [0, 0.1) is 12.8 Å². The molecule has 142 valence electrons. The van der Waals surface area contributed by atoms with E-state index < -0.39 is 6.04 Å². The van der Waals surface area contributed by atoms with E-state index in [4.69, 9.17) is 0 Å². The van der Waals surface area contributed by atoms with Gasteiger partial charge in [0, 0.05) is 5.56 Å². The standard InChI is InChI=1S/C23H28N2O2/c1-15(2)21(25-22(26)18-13-11-16(3)12-14-18)23(27)24-20-10-6-8-17-7-4-5-9-19(17)20/h4-5,7,9,11-15,20-21H,6,8,10H2,1-3H3,(H,24,27)(H,25,26)/t20-,21-/m0/s1. The van der Waals surface area contributed by atoms with E-state index in [-0.39, 0.29) is 23.8 Å². The van der Waals surface area contributed by atoms with Gasteiger partial charge in [0.25, 0.3) is 5.91 Å². The second-order valence-electron chi connectivity index (χ2n) is 7.71. The Morgan fingerprint density at radius 2 is 1.74 bits per heavy atom. The molecular formula is C23H28N2O2. The second kappa shape index (κ2) is 8.38. The molecule has 0 heterocycles. The minimum Gasteiger partial charge on any atom is -0.347 e. The molecule has 2 N–H and O–H groups in total. The van der Waals surface area contributed by atoms with Gasteiger partial charge < -0.3 is 10.6 Å². The molecule has 2 aromatic rings. The Balaban J connectivity index is 1.71. The van der Waals surface area contributed by atoms with Gasteiger partial charge in [-0.1, -0.05) is 55.8 Å². The SMILES string of the molecule is Cc1ccc(C(=O)N[C@H](C(=O)N[C@H]2CCCc3ccccc32)C(C)C)cc1. The van der Waals surface area contributed by atoms with Crippen LogP contribution in [0.2, 0.25) is 0 Å². The summed E-state index contributed by atoms with van der Waals surface area (Å²) in [6.45, 7) is 5.89. The average Bonchev–Trinajstić information content (AvgIpc) is 2.66. The number of amides is 2. The molecule has 0 saturated carbocycles. The Bertz CT molecular complexity index is 811. The number of rotatable bonds is 5. The topological polar surface area (TPSA) is 58.2 Å². The van der Waals surface area contributed by atoms with Crippen molar-refractivity contribution in [3.8, 4) is 0 Å². The van der Waals surface area contributed by atoms with Gasteiger partial charge >= 0.3 is 0 Å². The van der Waals surface area contributed by atoms with E-state index in [0.29, 0.717) is 5.56 Å². The predicted octanol–water partition coefficient (Wildman–Crippen LogP) is 3.94. The fourth-order valence-corrected chi connectivity index (χ4v) is 3.63. The van der Waals surface area contributed by atoms with Crippen molar-refractivity contribution in [2.45, 2.75) is 52.1 Å². The Labute approximate surface area is 161 Å². The number of hydrogen-bond acceptors (Lipinski definition) is 2. The highest BCUT2D eigenvalue weighted by Crippen LogP contribution is 2.29. The zero-order valence-electron chi connectivity index (χ0n) is 16.3. The highest BCUT2D eigenvalue weighted by Gasteiger charge is 2.28. The lowest BCUT2D eigenvalue weighted by Crippen LogP contribution is -2.50. The fourth-order valence-electron chi connectivity index (χ4n) is 3.63. The van der Waals surface area contributed by atoms with Crippen LogP contribution in [0.1, 0.15) is 59.8 Å². The summed E-state index contributed by atoms with van der Waals surface area (Å²) in [5.41, 5.74) is 4.17. The number of benzene rings is 2. The Hall–Kier alpha value is -2.62. The quantitative estimate of drug-likeness (QED) is 0.844. The van der Waals surface area contributed by atoms with E-state index in [0.717, 1.165) is 24.8 Å². The van der Waals surface area contributed by atoms with E-state index >= 15 is 0 Å². The Kier molecular flexibility index (Phi) is 5.94. The molecule has 4 nitrogen and oxygen atoms in total. The molecule has 2 atom stereocenters. The van der Waals surface area contributed by atoms with E-state index in [1.807, 2.05) is 45.0 Å². The van der Waals surface area contributed by atoms with Crippen molar-refractivity contribution in [1.29, 1.82) is 0 Å². The minimum atomic E-state index is -0.562. The van der Waals surface area contributed by atoms with Crippen molar-refractivity contribution in [3.63, 3.8) is 0 Å². The highest BCUT2D eigenvalue weighted by atomic mass is 16.2. The molecule has 1 aliphatic carbocycles. The summed E-state index contributed by atoms with van der Waals surface area (Å²) in [4.78, 5) is 25.5. The van der Waals surface area contributed by atoms with Crippen LogP contribution < -0.4 is 10.6 Å². The Morgan fingerprint density at radius 1 is 1.04 bits per heavy atom. The first-order valence-electron chi connectivity index (χ1n) is 9.71. The molecule has 0 radical (unpaired) electrons. The minimum absolute atomic E-state index is 0.00164. The van der Waals surface area contributed by atoms with Gasteiger partial charge in [0.2, 0.25) is 5.91 Å². The smallest absolute Gasteiger partial charge is 0.251 e. The predicted molar refractivity (Wildman–Crippen MR) is 108 cm³/mol. The van der Waals surface area contributed by atoms with Crippen LogP contribution in [-0.4, -0.2) is 17.9 Å². The third kappa shape index (κ3) is 4.57. The number of aryl methyl sites for hydroxylation is 2. The summed E-state index contributed by atoms with van der Waals surface area (Å²) in [5.74, 6) is -0.335. The maximum absolute atomic E-state index is 13.0. The molecule has 0 fully saturated rings. The number of hydrogen-bond donors (Lipinski definition) is 2. The fraction of sp³-hybridized carbons (Fsp3) is 0.391. The van der Waals surface area contributed by atoms with Gasteiger partial charge in [-0.25, -0.2) is 0 Å². The van der Waals surface area contributed by atoms with Gasteiger partial charge in [0.05, 0.1) is 6.04 Å². The first kappa shape index (κ1) is 19.2. The molecule has 2 amide bonds. The van der Waals surface area contributed by atoms with Gasteiger partial charge in [-0.05, 0) is 55.4 Å². The molecule has 4 heteroatoms. The normalized spacial score (nSPS) is 17.1. The van der Waals surface area contributed by atoms with E-state index in [1.165, 1.54) is 11.1 Å². The molecule has 27 heavy (non-hydrogen) atoms. The molecule has 3 rings (SSSR count). The first-order valence-corrected chi connectivity index (χ1v) is 9.71. The van der Waals surface area contributed by atoms with Crippen LogP contribution in [0.25, 0.3) is 0 Å². The van der Waals surface area contributed by atoms with E-state index in [9.17, 15) is 9.59 Å². The summed E-state index contributed by atoms with van der Waals surface area (Å²) >= 11 is 0. The molecule has 0 saturated heterocycles. The summed E-state index contributed by atoms with van der Waals surface area (Å²) in [6.07, 6.45) is 3.05. The van der Waals surface area contributed by atoms with Crippen molar-refractivity contribution < 1.29 is 9.59 Å². The monoisotopic (exact) mass is 364 g/mol. The number of carbonyl (C=O) groups is 2. The van der Waals surface area contributed by atoms with Crippen molar-refractivity contribution in [3.05, 3.63) is 70.8 Å². The van der Waals surface area contributed by atoms with Gasteiger partial charge in [0.15, 0.2) is 0 Å². The summed E-state index contributed by atoms with van der Waals surface area (Å²) in [7, 11) is 0. The zero-order valence-corrected chi connectivity index (χ0v) is 16.3. The van der Waals surface area contributed by atoms with E-state index in [1.54, 1.807) is 12.1 Å². The molecule has 1 aliphatic rings. The van der Waals surface area contributed by atoms with Crippen LogP contribution in [0.4, 0.5) is 0 Å². The first-order chi connectivity index (χ1) is 13.0. The largest absolute Gasteiger partial charge is 0.347 e. The lowest BCUT2D eigenvalue weighted by atomic mass is 9.87.